The van der Waals surface area contributed by atoms with E-state index in [0.29, 0.717) is 0 Å². The van der Waals surface area contributed by atoms with Gasteiger partial charge in [0, 0.05) is 0 Å². The number of rotatable bonds is 2. The third-order valence-corrected chi connectivity index (χ3v) is 2.19. The van der Waals surface area contributed by atoms with E-state index in [4.69, 9.17) is 0 Å². The third kappa shape index (κ3) is 3.25. The van der Waals surface area contributed by atoms with Gasteiger partial charge < -0.3 is 0 Å². The van der Waals surface area contributed by atoms with Crippen molar-refractivity contribution in [3.63, 3.8) is 0 Å². The highest BCUT2D eigenvalue weighted by molar-refractivity contribution is 5.28. The van der Waals surface area contributed by atoms with Crippen LogP contribution in [0.3, 0.4) is 0 Å². The SMILES string of the molecule is CC.CCC1=C(CC)CCC=C1. The Hall–Kier alpha value is -0.520. The summed E-state index contributed by atoms with van der Waals surface area (Å²) in [6, 6.07) is 0. The van der Waals surface area contributed by atoms with Gasteiger partial charge in [-0.2, -0.15) is 0 Å². The molecule has 1 aliphatic rings. The van der Waals surface area contributed by atoms with Gasteiger partial charge in [0.05, 0.1) is 0 Å². The lowest BCUT2D eigenvalue weighted by Gasteiger charge is -2.12. The van der Waals surface area contributed by atoms with E-state index in [-0.39, 0.29) is 0 Å². The normalized spacial score (nSPS) is 15.7. The molecule has 0 N–H and O–H groups in total. The van der Waals surface area contributed by atoms with Crippen molar-refractivity contribution in [2.75, 3.05) is 0 Å². The molecule has 0 nitrogen and oxygen atoms in total. The minimum atomic E-state index is 1.21. The topological polar surface area (TPSA) is 0 Å². The first kappa shape index (κ1) is 11.5. The summed E-state index contributed by atoms with van der Waals surface area (Å²) < 4.78 is 0. The van der Waals surface area contributed by atoms with Crippen molar-refractivity contribution in [1.82, 2.24) is 0 Å². The maximum absolute atomic E-state index is 2.29. The Balaban J connectivity index is 0.000000561. The van der Waals surface area contributed by atoms with Gasteiger partial charge in [0.2, 0.25) is 0 Å². The highest BCUT2D eigenvalue weighted by Gasteiger charge is 2.03. The molecule has 0 saturated carbocycles. The van der Waals surface area contributed by atoms with Gasteiger partial charge in [0.25, 0.3) is 0 Å². The summed E-state index contributed by atoms with van der Waals surface area (Å²) in [6.07, 6.45) is 9.59. The van der Waals surface area contributed by atoms with Crippen LogP contribution < -0.4 is 0 Å². The van der Waals surface area contributed by atoms with Crippen LogP contribution in [0.4, 0.5) is 0 Å². The zero-order valence-electron chi connectivity index (χ0n) is 8.98. The van der Waals surface area contributed by atoms with E-state index >= 15 is 0 Å². The van der Waals surface area contributed by atoms with Crippen LogP contribution in [0.15, 0.2) is 23.3 Å². The van der Waals surface area contributed by atoms with E-state index in [9.17, 15) is 0 Å². The second-order valence-electron chi connectivity index (χ2n) is 2.78. The van der Waals surface area contributed by atoms with E-state index in [0.717, 1.165) is 0 Å². The molecule has 0 aromatic heterocycles. The fourth-order valence-corrected chi connectivity index (χ4v) is 1.53. The lowest BCUT2D eigenvalue weighted by atomic mass is 9.94. The number of allylic oxidation sites excluding steroid dienone is 4. The van der Waals surface area contributed by atoms with Crippen LogP contribution in [0.1, 0.15) is 53.4 Å². The van der Waals surface area contributed by atoms with Crippen molar-refractivity contribution in [1.29, 1.82) is 0 Å². The van der Waals surface area contributed by atoms with Crippen LogP contribution in [0.5, 0.6) is 0 Å². The Morgan fingerprint density at radius 3 is 2.25 bits per heavy atom. The van der Waals surface area contributed by atoms with Crippen LogP contribution in [-0.2, 0) is 0 Å². The second kappa shape index (κ2) is 7.15. The van der Waals surface area contributed by atoms with Crippen molar-refractivity contribution in [3.8, 4) is 0 Å². The standard InChI is InChI=1S/C10H16.C2H6/c1-3-9-7-5-6-8-10(9)4-2;1-2/h5,7H,3-4,6,8H2,1-2H3;1-2H3. The van der Waals surface area contributed by atoms with Gasteiger partial charge in [-0.05, 0) is 31.3 Å². The Morgan fingerprint density at radius 2 is 1.83 bits per heavy atom. The highest BCUT2D eigenvalue weighted by atomic mass is 14.1. The molecular weight excluding hydrogens is 144 g/mol. The average molecular weight is 166 g/mol. The van der Waals surface area contributed by atoms with Gasteiger partial charge in [-0.15, -0.1) is 0 Å². The Kier molecular flexibility index (Phi) is 6.84. The maximum Gasteiger partial charge on any atom is -0.0280 e. The molecule has 0 spiro atoms. The molecule has 0 aliphatic heterocycles. The first-order chi connectivity index (χ1) is 5.88. The molecule has 1 aliphatic carbocycles. The van der Waals surface area contributed by atoms with Gasteiger partial charge in [0.1, 0.15) is 0 Å². The van der Waals surface area contributed by atoms with E-state index in [1.54, 1.807) is 11.1 Å². The first-order valence-corrected chi connectivity index (χ1v) is 5.26. The van der Waals surface area contributed by atoms with Crippen LogP contribution in [0, 0.1) is 0 Å². The molecule has 0 aromatic carbocycles. The molecule has 12 heavy (non-hydrogen) atoms. The second-order valence-corrected chi connectivity index (χ2v) is 2.78. The summed E-state index contributed by atoms with van der Waals surface area (Å²) in [5.74, 6) is 0. The van der Waals surface area contributed by atoms with Crippen LogP contribution in [-0.4, -0.2) is 0 Å². The van der Waals surface area contributed by atoms with Crippen LogP contribution in [0.2, 0.25) is 0 Å². The quantitative estimate of drug-likeness (QED) is 0.567. The van der Waals surface area contributed by atoms with Gasteiger partial charge in [-0.1, -0.05) is 45.4 Å². The smallest absolute Gasteiger partial charge is 0.0280 e. The predicted molar refractivity (Wildman–Crippen MR) is 57.3 cm³/mol. The summed E-state index contributed by atoms with van der Waals surface area (Å²) in [4.78, 5) is 0. The van der Waals surface area contributed by atoms with E-state index in [1.807, 2.05) is 13.8 Å². The first-order valence-electron chi connectivity index (χ1n) is 5.26. The molecule has 0 amide bonds. The van der Waals surface area contributed by atoms with Crippen LogP contribution >= 0.6 is 0 Å². The van der Waals surface area contributed by atoms with Crippen molar-refractivity contribution < 1.29 is 0 Å². The minimum absolute atomic E-state index is 1.21. The fraction of sp³-hybridized carbons (Fsp3) is 0.667. The minimum Gasteiger partial charge on any atom is -0.0839 e. The third-order valence-electron chi connectivity index (χ3n) is 2.19. The van der Waals surface area contributed by atoms with Gasteiger partial charge in [0.15, 0.2) is 0 Å². The fourth-order valence-electron chi connectivity index (χ4n) is 1.53. The van der Waals surface area contributed by atoms with E-state index < -0.39 is 0 Å². The molecular formula is C12H22. The summed E-state index contributed by atoms with van der Waals surface area (Å²) >= 11 is 0. The lowest BCUT2D eigenvalue weighted by molar-refractivity contribution is 0.856. The monoisotopic (exact) mass is 166 g/mol. The lowest BCUT2D eigenvalue weighted by Crippen LogP contribution is -1.92. The van der Waals surface area contributed by atoms with Crippen LogP contribution in [0.25, 0.3) is 0 Å². The van der Waals surface area contributed by atoms with Crippen molar-refractivity contribution in [2.45, 2.75) is 53.4 Å². The zero-order chi connectivity index (χ0) is 9.40. The molecule has 0 unspecified atom stereocenters. The van der Waals surface area contributed by atoms with Crippen molar-refractivity contribution in [2.24, 2.45) is 0 Å². The molecule has 0 radical (unpaired) electrons. The molecule has 70 valence electrons. The molecule has 0 heteroatoms. The molecule has 0 bridgehead atoms. The molecule has 0 aromatic rings. The molecule has 0 saturated heterocycles. The Morgan fingerprint density at radius 1 is 1.17 bits per heavy atom. The van der Waals surface area contributed by atoms with Crippen molar-refractivity contribution in [3.05, 3.63) is 23.3 Å². The average Bonchev–Trinajstić information content (AvgIpc) is 2.20. The summed E-state index contributed by atoms with van der Waals surface area (Å²) in [5, 5.41) is 0. The van der Waals surface area contributed by atoms with Gasteiger partial charge in [-0.3, -0.25) is 0 Å². The molecule has 0 fully saturated rings. The largest absolute Gasteiger partial charge is 0.0839 e. The highest BCUT2D eigenvalue weighted by Crippen LogP contribution is 2.23. The summed E-state index contributed by atoms with van der Waals surface area (Å²) in [7, 11) is 0. The molecule has 1 rings (SSSR count). The van der Waals surface area contributed by atoms with E-state index in [1.165, 1.54) is 25.7 Å². The predicted octanol–water partition coefficient (Wildman–Crippen LogP) is 4.48. The Labute approximate surface area is 77.4 Å². The van der Waals surface area contributed by atoms with Crippen molar-refractivity contribution >= 4 is 0 Å². The van der Waals surface area contributed by atoms with Gasteiger partial charge >= 0.3 is 0 Å². The van der Waals surface area contributed by atoms with E-state index in [2.05, 4.69) is 26.0 Å². The zero-order valence-corrected chi connectivity index (χ0v) is 8.98. The number of hydrogen-bond acceptors (Lipinski definition) is 0. The Bertz CT molecular complexity index is 161. The maximum atomic E-state index is 2.29. The molecule has 0 heterocycles. The summed E-state index contributed by atoms with van der Waals surface area (Å²) in [6.45, 7) is 8.49. The van der Waals surface area contributed by atoms with Gasteiger partial charge in [-0.25, -0.2) is 0 Å². The number of hydrogen-bond donors (Lipinski definition) is 0. The summed E-state index contributed by atoms with van der Waals surface area (Å²) in [5.41, 5.74) is 3.25. The molecule has 0 atom stereocenters.